The molecule has 1 fully saturated rings. The molecule has 2 heterocycles. The molecule has 0 aliphatic carbocycles. The number of hydrogen-bond donors (Lipinski definition) is 1. The molecule has 0 radical (unpaired) electrons. The molecule has 4 rings (SSSR count). The number of para-hydroxylation sites is 2. The van der Waals surface area contributed by atoms with Gasteiger partial charge in [-0.05, 0) is 25.1 Å². The standard InChI is InChI=1S/C18H16N2O3/c1-11(21)15-16-13-9-5-6-10-14(13)23-17(15)20(18(22)19-16)12-7-3-2-4-8-12/h2-10,15-17H,1H3,(H,19,22)/t15-,16-,17-/m0/s1. The van der Waals surface area contributed by atoms with E-state index in [1.54, 1.807) is 6.92 Å². The minimum atomic E-state index is -0.636. The van der Waals surface area contributed by atoms with E-state index in [0.717, 1.165) is 5.56 Å². The zero-order valence-electron chi connectivity index (χ0n) is 12.6. The summed E-state index contributed by atoms with van der Waals surface area (Å²) in [5, 5.41) is 2.97. The molecule has 5 heteroatoms. The molecule has 2 amide bonds. The first-order valence-electron chi connectivity index (χ1n) is 7.57. The molecule has 1 saturated heterocycles. The normalized spacial score (nSPS) is 25.2. The number of ether oxygens (including phenoxy) is 1. The van der Waals surface area contributed by atoms with Crippen LogP contribution in [0.4, 0.5) is 10.5 Å². The highest BCUT2D eigenvalue weighted by atomic mass is 16.5. The maximum absolute atomic E-state index is 12.6. The number of urea groups is 1. The molecule has 0 spiro atoms. The molecule has 1 N–H and O–H groups in total. The lowest BCUT2D eigenvalue weighted by Gasteiger charge is -2.48. The SMILES string of the molecule is CC(=O)[C@H]1[C@H]2NC(=O)N(c3ccccc3)[C@H]1Oc1ccccc12. The molecule has 0 aromatic heterocycles. The number of hydrogen-bond acceptors (Lipinski definition) is 3. The lowest BCUT2D eigenvalue weighted by Crippen LogP contribution is -2.64. The van der Waals surface area contributed by atoms with Crippen LogP contribution < -0.4 is 15.0 Å². The van der Waals surface area contributed by atoms with E-state index in [0.29, 0.717) is 11.4 Å². The number of carbonyl (C=O) groups is 2. The lowest BCUT2D eigenvalue weighted by molar-refractivity contribution is -0.126. The van der Waals surface area contributed by atoms with Crippen LogP contribution in [0.2, 0.25) is 0 Å². The Kier molecular flexibility index (Phi) is 3.08. The average Bonchev–Trinajstić information content (AvgIpc) is 2.55. The van der Waals surface area contributed by atoms with E-state index in [1.807, 2.05) is 54.6 Å². The van der Waals surface area contributed by atoms with E-state index >= 15 is 0 Å². The van der Waals surface area contributed by atoms with Crippen molar-refractivity contribution in [3.63, 3.8) is 0 Å². The van der Waals surface area contributed by atoms with Crippen molar-refractivity contribution in [2.45, 2.75) is 19.2 Å². The van der Waals surface area contributed by atoms with Gasteiger partial charge in [0.1, 0.15) is 11.5 Å². The van der Waals surface area contributed by atoms with Crippen LogP contribution in [0.3, 0.4) is 0 Å². The van der Waals surface area contributed by atoms with E-state index in [1.165, 1.54) is 4.90 Å². The van der Waals surface area contributed by atoms with Crippen LogP contribution in [0.5, 0.6) is 5.75 Å². The molecule has 0 saturated carbocycles. The van der Waals surface area contributed by atoms with Crippen molar-refractivity contribution >= 4 is 17.5 Å². The number of nitrogens with one attached hydrogen (secondary N) is 1. The number of amides is 2. The molecule has 2 bridgehead atoms. The number of fused-ring (bicyclic) bond motifs is 4. The molecular formula is C18H16N2O3. The minimum absolute atomic E-state index is 0.00423. The first kappa shape index (κ1) is 13.8. The van der Waals surface area contributed by atoms with Crippen molar-refractivity contribution < 1.29 is 14.3 Å². The van der Waals surface area contributed by atoms with Crippen molar-refractivity contribution in [3.05, 3.63) is 60.2 Å². The van der Waals surface area contributed by atoms with Gasteiger partial charge >= 0.3 is 6.03 Å². The van der Waals surface area contributed by atoms with Gasteiger partial charge in [-0.2, -0.15) is 0 Å². The minimum Gasteiger partial charge on any atom is -0.469 e. The van der Waals surface area contributed by atoms with Crippen LogP contribution >= 0.6 is 0 Å². The van der Waals surface area contributed by atoms with Crippen LogP contribution in [0.15, 0.2) is 54.6 Å². The zero-order valence-corrected chi connectivity index (χ0v) is 12.6. The van der Waals surface area contributed by atoms with Crippen molar-refractivity contribution in [1.82, 2.24) is 5.32 Å². The molecule has 2 aliphatic heterocycles. The Hall–Kier alpha value is -2.82. The van der Waals surface area contributed by atoms with Crippen molar-refractivity contribution in [2.75, 3.05) is 4.90 Å². The Morgan fingerprint density at radius 1 is 1.09 bits per heavy atom. The van der Waals surface area contributed by atoms with Gasteiger partial charge in [-0.25, -0.2) is 4.79 Å². The van der Waals surface area contributed by atoms with Gasteiger partial charge < -0.3 is 10.1 Å². The third-order valence-electron chi connectivity index (χ3n) is 4.42. The predicted octanol–water partition coefficient (Wildman–Crippen LogP) is 2.88. The number of anilines is 1. The highest BCUT2D eigenvalue weighted by Crippen LogP contribution is 2.43. The monoisotopic (exact) mass is 308 g/mol. The molecule has 23 heavy (non-hydrogen) atoms. The summed E-state index contributed by atoms with van der Waals surface area (Å²) in [7, 11) is 0. The van der Waals surface area contributed by atoms with Crippen LogP contribution in [0, 0.1) is 5.92 Å². The number of benzene rings is 2. The third kappa shape index (κ3) is 2.08. The Bertz CT molecular complexity index is 775. The Balaban J connectivity index is 1.85. The Morgan fingerprint density at radius 3 is 2.52 bits per heavy atom. The largest absolute Gasteiger partial charge is 0.469 e. The van der Waals surface area contributed by atoms with Gasteiger partial charge in [0.2, 0.25) is 0 Å². The summed E-state index contributed by atoms with van der Waals surface area (Å²) in [6, 6.07) is 16.2. The van der Waals surface area contributed by atoms with E-state index in [-0.39, 0.29) is 17.9 Å². The molecular weight excluding hydrogens is 292 g/mol. The summed E-state index contributed by atoms with van der Waals surface area (Å²) in [5.74, 6) is 0.263. The molecule has 116 valence electrons. The predicted molar refractivity (Wildman–Crippen MR) is 85.2 cm³/mol. The summed E-state index contributed by atoms with van der Waals surface area (Å²) >= 11 is 0. The first-order chi connectivity index (χ1) is 11.2. The summed E-state index contributed by atoms with van der Waals surface area (Å²) in [4.78, 5) is 26.4. The molecule has 2 aromatic carbocycles. The maximum atomic E-state index is 12.6. The maximum Gasteiger partial charge on any atom is 0.325 e. The fraction of sp³-hybridized carbons (Fsp3) is 0.222. The second-order valence-electron chi connectivity index (χ2n) is 5.82. The van der Waals surface area contributed by atoms with Gasteiger partial charge in [0.05, 0.1) is 12.0 Å². The first-order valence-corrected chi connectivity index (χ1v) is 7.57. The topological polar surface area (TPSA) is 58.6 Å². The fourth-order valence-corrected chi connectivity index (χ4v) is 3.39. The third-order valence-corrected chi connectivity index (χ3v) is 4.42. The summed E-state index contributed by atoms with van der Waals surface area (Å²) in [6.45, 7) is 1.54. The lowest BCUT2D eigenvalue weighted by atomic mass is 9.83. The summed E-state index contributed by atoms with van der Waals surface area (Å²) in [5.41, 5.74) is 1.56. The Labute approximate surface area is 133 Å². The van der Waals surface area contributed by atoms with E-state index in [9.17, 15) is 9.59 Å². The highest BCUT2D eigenvalue weighted by Gasteiger charge is 2.50. The van der Waals surface area contributed by atoms with Crippen molar-refractivity contribution in [3.8, 4) is 5.75 Å². The van der Waals surface area contributed by atoms with Gasteiger partial charge in [0.25, 0.3) is 0 Å². The van der Waals surface area contributed by atoms with Crippen LogP contribution in [-0.4, -0.2) is 18.0 Å². The number of nitrogens with zero attached hydrogens (tertiary/aromatic N) is 1. The van der Waals surface area contributed by atoms with Gasteiger partial charge in [-0.15, -0.1) is 0 Å². The van der Waals surface area contributed by atoms with Gasteiger partial charge in [0, 0.05) is 11.3 Å². The molecule has 5 nitrogen and oxygen atoms in total. The second-order valence-corrected chi connectivity index (χ2v) is 5.82. The number of ketones is 1. The van der Waals surface area contributed by atoms with Crippen LogP contribution in [-0.2, 0) is 4.79 Å². The molecule has 3 atom stereocenters. The van der Waals surface area contributed by atoms with E-state index in [2.05, 4.69) is 5.32 Å². The highest BCUT2D eigenvalue weighted by molar-refractivity contribution is 5.97. The van der Waals surface area contributed by atoms with Crippen molar-refractivity contribution in [1.29, 1.82) is 0 Å². The zero-order chi connectivity index (χ0) is 16.0. The van der Waals surface area contributed by atoms with E-state index in [4.69, 9.17) is 4.74 Å². The molecule has 2 aliphatic rings. The second kappa shape index (κ2) is 5.12. The van der Waals surface area contributed by atoms with Gasteiger partial charge in [-0.1, -0.05) is 36.4 Å². The van der Waals surface area contributed by atoms with Crippen LogP contribution in [0.1, 0.15) is 18.5 Å². The summed E-state index contributed by atoms with van der Waals surface area (Å²) in [6.07, 6.45) is -0.636. The van der Waals surface area contributed by atoms with E-state index < -0.39 is 12.1 Å². The van der Waals surface area contributed by atoms with Gasteiger partial charge in [-0.3, -0.25) is 9.69 Å². The fourth-order valence-electron chi connectivity index (χ4n) is 3.39. The van der Waals surface area contributed by atoms with Crippen LogP contribution in [0.25, 0.3) is 0 Å². The number of carbonyl (C=O) groups excluding carboxylic acids is 2. The smallest absolute Gasteiger partial charge is 0.325 e. The Morgan fingerprint density at radius 2 is 1.78 bits per heavy atom. The molecule has 0 unspecified atom stereocenters. The van der Waals surface area contributed by atoms with Crippen molar-refractivity contribution in [2.24, 2.45) is 5.92 Å². The number of rotatable bonds is 2. The average molecular weight is 308 g/mol. The molecule has 2 aromatic rings. The quantitative estimate of drug-likeness (QED) is 0.928. The summed E-state index contributed by atoms with van der Waals surface area (Å²) < 4.78 is 6.06. The number of Topliss-reactive ketones (excluding diaryl/α,β-unsaturated/α-hetero) is 1. The van der Waals surface area contributed by atoms with Gasteiger partial charge in [0.15, 0.2) is 6.23 Å².